The van der Waals surface area contributed by atoms with E-state index in [4.69, 9.17) is 10.7 Å². The van der Waals surface area contributed by atoms with Crippen molar-refractivity contribution >= 4 is 58.1 Å². The molecule has 2 aliphatic rings. The van der Waals surface area contributed by atoms with E-state index < -0.39 is 5.91 Å². The second kappa shape index (κ2) is 12.1. The SMILES string of the molecule is Cc1ccc(Nc2ncc3c(n2)N(C)C(=O)N(c2cc(N4C(=O)CN=C(c5ccccc5)c5ccc(C(N)=O)cc54)ccc2C)C3)cn1. The number of aromatic nitrogens is 3. The van der Waals surface area contributed by atoms with Gasteiger partial charge in [-0.15, -0.1) is 0 Å². The van der Waals surface area contributed by atoms with E-state index in [-0.39, 0.29) is 30.6 Å². The van der Waals surface area contributed by atoms with E-state index in [0.717, 1.165) is 28.1 Å². The van der Waals surface area contributed by atoms with E-state index in [9.17, 15) is 14.4 Å². The van der Waals surface area contributed by atoms with Gasteiger partial charge in [0.15, 0.2) is 0 Å². The number of fused-ring (bicyclic) bond motifs is 2. The number of pyridine rings is 1. The molecule has 12 heteroatoms. The van der Waals surface area contributed by atoms with Gasteiger partial charge in [0, 0.05) is 41.2 Å². The van der Waals surface area contributed by atoms with Crippen molar-refractivity contribution in [2.75, 3.05) is 33.6 Å². The van der Waals surface area contributed by atoms with Crippen LogP contribution in [0.25, 0.3) is 0 Å². The molecule has 0 aliphatic carbocycles. The molecule has 0 bridgehead atoms. The number of primary amides is 1. The van der Waals surface area contributed by atoms with Crippen LogP contribution in [0.4, 0.5) is 39.3 Å². The van der Waals surface area contributed by atoms with Crippen LogP contribution in [0.5, 0.6) is 0 Å². The molecule has 0 saturated carbocycles. The van der Waals surface area contributed by atoms with Gasteiger partial charge in [0.1, 0.15) is 12.4 Å². The number of rotatable bonds is 6. The molecule has 0 unspecified atom stereocenters. The number of benzodiazepines with no additional fused rings is 1. The number of amides is 4. The first-order valence-electron chi connectivity index (χ1n) is 15.3. The summed E-state index contributed by atoms with van der Waals surface area (Å²) in [5, 5.41) is 3.14. The number of hydrogen-bond acceptors (Lipinski definition) is 8. The fourth-order valence-corrected chi connectivity index (χ4v) is 5.89. The summed E-state index contributed by atoms with van der Waals surface area (Å²) in [4.78, 5) is 62.8. The van der Waals surface area contributed by atoms with Crippen LogP contribution in [0.15, 0.2) is 96.2 Å². The summed E-state index contributed by atoms with van der Waals surface area (Å²) in [5.74, 6) is -0.0857. The Labute approximate surface area is 276 Å². The summed E-state index contributed by atoms with van der Waals surface area (Å²) >= 11 is 0. The van der Waals surface area contributed by atoms with Crippen molar-refractivity contribution in [2.45, 2.75) is 20.4 Å². The minimum atomic E-state index is -0.617. The van der Waals surface area contributed by atoms with Crippen LogP contribution in [-0.2, 0) is 11.3 Å². The maximum atomic E-state index is 13.9. The first-order chi connectivity index (χ1) is 23.2. The Morgan fingerprint density at radius 3 is 2.46 bits per heavy atom. The van der Waals surface area contributed by atoms with Gasteiger partial charge >= 0.3 is 6.03 Å². The van der Waals surface area contributed by atoms with Gasteiger partial charge in [0.25, 0.3) is 5.91 Å². The normalized spacial score (nSPS) is 14.2. The summed E-state index contributed by atoms with van der Waals surface area (Å²) in [6.45, 7) is 3.90. The van der Waals surface area contributed by atoms with Gasteiger partial charge in [-0.05, 0) is 61.9 Å². The van der Waals surface area contributed by atoms with Crippen molar-refractivity contribution < 1.29 is 14.4 Å². The maximum Gasteiger partial charge on any atom is 0.330 e. The smallest absolute Gasteiger partial charge is 0.330 e. The second-order valence-electron chi connectivity index (χ2n) is 11.6. The molecule has 48 heavy (non-hydrogen) atoms. The summed E-state index contributed by atoms with van der Waals surface area (Å²) in [7, 11) is 1.67. The van der Waals surface area contributed by atoms with Crippen molar-refractivity contribution in [1.82, 2.24) is 15.0 Å². The predicted octanol–water partition coefficient (Wildman–Crippen LogP) is 5.42. The van der Waals surface area contributed by atoms with Crippen LogP contribution in [0, 0.1) is 13.8 Å². The third-order valence-corrected chi connectivity index (χ3v) is 8.36. The Hall–Kier alpha value is -6.43. The first-order valence-corrected chi connectivity index (χ1v) is 15.3. The van der Waals surface area contributed by atoms with E-state index in [0.29, 0.717) is 40.1 Å². The minimum absolute atomic E-state index is 0.126. The van der Waals surface area contributed by atoms with E-state index in [2.05, 4.69) is 20.3 Å². The number of nitrogens with two attached hydrogens (primary N) is 1. The molecule has 0 saturated heterocycles. The van der Waals surface area contributed by atoms with Crippen molar-refractivity contribution in [2.24, 2.45) is 10.7 Å². The fraction of sp³-hybridized carbons (Fsp3) is 0.139. The molecule has 0 atom stereocenters. The summed E-state index contributed by atoms with van der Waals surface area (Å²) in [6.07, 6.45) is 3.39. The molecule has 0 fully saturated rings. The quantitative estimate of drug-likeness (QED) is 0.252. The average Bonchev–Trinajstić information content (AvgIpc) is 3.24. The van der Waals surface area contributed by atoms with Crippen molar-refractivity contribution in [3.8, 4) is 0 Å². The zero-order valence-corrected chi connectivity index (χ0v) is 26.5. The number of urea groups is 1. The Balaban J connectivity index is 1.26. The second-order valence-corrected chi connectivity index (χ2v) is 11.6. The largest absolute Gasteiger partial charge is 0.366 e. The van der Waals surface area contributed by atoms with Gasteiger partial charge in [-0.1, -0.05) is 36.4 Å². The van der Waals surface area contributed by atoms with Gasteiger partial charge in [0.2, 0.25) is 11.9 Å². The number of nitrogens with zero attached hydrogens (tertiary/aromatic N) is 7. The maximum absolute atomic E-state index is 13.9. The van der Waals surface area contributed by atoms with Crippen LogP contribution < -0.4 is 25.8 Å². The molecule has 7 rings (SSSR count). The Morgan fingerprint density at radius 2 is 1.71 bits per heavy atom. The zero-order valence-electron chi connectivity index (χ0n) is 26.5. The topological polar surface area (TPSA) is 150 Å². The number of hydrogen-bond donors (Lipinski definition) is 2. The van der Waals surface area contributed by atoms with Gasteiger partial charge in [-0.3, -0.25) is 34.3 Å². The first kappa shape index (κ1) is 30.2. The number of aryl methyl sites for hydroxylation is 2. The highest BCUT2D eigenvalue weighted by Gasteiger charge is 2.33. The Kier molecular flexibility index (Phi) is 7.60. The van der Waals surface area contributed by atoms with E-state index in [1.165, 1.54) is 9.80 Å². The number of carbonyl (C=O) groups excluding carboxylic acids is 3. The molecule has 0 spiro atoms. The molecule has 4 heterocycles. The van der Waals surface area contributed by atoms with Crippen LogP contribution in [0.2, 0.25) is 0 Å². The molecule has 2 aliphatic heterocycles. The molecule has 3 aromatic carbocycles. The van der Waals surface area contributed by atoms with Gasteiger partial charge in [-0.25, -0.2) is 9.78 Å². The third-order valence-electron chi connectivity index (χ3n) is 8.36. The lowest BCUT2D eigenvalue weighted by Crippen LogP contribution is -2.46. The monoisotopic (exact) mass is 637 g/mol. The molecule has 3 N–H and O–H groups in total. The van der Waals surface area contributed by atoms with E-state index in [1.807, 2.05) is 68.4 Å². The van der Waals surface area contributed by atoms with Gasteiger partial charge < -0.3 is 11.1 Å². The molecular weight excluding hydrogens is 606 g/mol. The standard InChI is InChI=1S/C36H31N9O3/c1-21-9-13-27(45-30-15-24(33(37)47)11-14-28(30)32(39-19-31(45)46)23-7-5-4-6-8-23)16-29(21)44-20-25-17-40-35(42-34(25)43(3)36(44)48)41-26-12-10-22(2)38-18-26/h4-18H,19-20H2,1-3H3,(H2,37,47)(H,40,41,42). The molecule has 12 nitrogen and oxygen atoms in total. The number of nitrogens with one attached hydrogen (secondary N) is 1. The zero-order chi connectivity index (χ0) is 33.5. The highest BCUT2D eigenvalue weighted by atomic mass is 16.2. The van der Waals surface area contributed by atoms with Crippen molar-refractivity contribution in [3.63, 3.8) is 0 Å². The van der Waals surface area contributed by atoms with Crippen molar-refractivity contribution in [1.29, 1.82) is 0 Å². The average molecular weight is 638 g/mol. The lowest BCUT2D eigenvalue weighted by Gasteiger charge is -2.35. The minimum Gasteiger partial charge on any atom is -0.366 e. The molecule has 238 valence electrons. The number of anilines is 6. The van der Waals surface area contributed by atoms with Gasteiger partial charge in [-0.2, -0.15) is 4.98 Å². The van der Waals surface area contributed by atoms with Gasteiger partial charge in [0.05, 0.1) is 41.2 Å². The predicted molar refractivity (Wildman–Crippen MR) is 185 cm³/mol. The lowest BCUT2D eigenvalue weighted by molar-refractivity contribution is -0.116. The highest BCUT2D eigenvalue weighted by Crippen LogP contribution is 2.38. The molecule has 4 amide bonds. The summed E-state index contributed by atoms with van der Waals surface area (Å²) in [6, 6.07) is 23.5. The van der Waals surface area contributed by atoms with Crippen LogP contribution >= 0.6 is 0 Å². The van der Waals surface area contributed by atoms with Crippen LogP contribution in [0.3, 0.4) is 0 Å². The van der Waals surface area contributed by atoms with E-state index >= 15 is 0 Å². The molecule has 5 aromatic rings. The highest BCUT2D eigenvalue weighted by molar-refractivity contribution is 6.21. The third kappa shape index (κ3) is 5.49. The number of aliphatic imine (C=N–C) groups is 1. The number of benzene rings is 3. The van der Waals surface area contributed by atoms with Crippen LogP contribution in [-0.4, -0.2) is 52.1 Å². The van der Waals surface area contributed by atoms with Crippen LogP contribution in [0.1, 0.15) is 38.3 Å². The Morgan fingerprint density at radius 1 is 0.896 bits per heavy atom. The number of carbonyl (C=O) groups is 3. The summed E-state index contributed by atoms with van der Waals surface area (Å²) in [5.41, 5.74) is 12.8. The van der Waals surface area contributed by atoms with E-state index in [1.54, 1.807) is 48.6 Å². The molecular formula is C36H31N9O3. The lowest BCUT2D eigenvalue weighted by atomic mass is 9.98. The summed E-state index contributed by atoms with van der Waals surface area (Å²) < 4.78 is 0. The fourth-order valence-electron chi connectivity index (χ4n) is 5.89. The molecule has 2 aromatic heterocycles. The Bertz CT molecular complexity index is 2130. The molecule has 0 radical (unpaired) electrons. The van der Waals surface area contributed by atoms with Crippen molar-refractivity contribution in [3.05, 3.63) is 125 Å².